The lowest BCUT2D eigenvalue weighted by Gasteiger charge is -2.39. The first-order valence-corrected chi connectivity index (χ1v) is 16.0. The van der Waals surface area contributed by atoms with Crippen LogP contribution in [-0.2, 0) is 34.4 Å². The SMILES string of the molecule is [2H]c1c([2H])c(F)c(F)c(C([2H])([2H])Sc2c([2H])c(=O)c3c([2H])c(C)c([2H])c([2H])c3n2C([2H])([2H])C(=O)N(C2CCN(CC([2H])([2H])OC([2H])([2H])[2H])CC2)C([2H])([2H])c2c([2H])c([2H])c(-c3c([2H])c([2H])c(C(F)(F)F)c([2H])c3[2H])c([2H])c2[2H])c1[2H]. The zero-order valence-electron chi connectivity index (χ0n) is 53.0. The van der Waals surface area contributed by atoms with Gasteiger partial charge >= 0.3 is 6.18 Å². The molecule has 4 aromatic carbocycles. The number of hydrogen-bond donors (Lipinski definition) is 0. The quantitative estimate of drug-likeness (QED) is 0.0939. The fraction of sp³-hybridized carbons (Fsp3) is 0.317. The van der Waals surface area contributed by atoms with Gasteiger partial charge in [-0.05, 0) is 66.7 Å². The van der Waals surface area contributed by atoms with Crippen molar-refractivity contribution in [2.45, 2.75) is 55.7 Å². The van der Waals surface area contributed by atoms with Crippen LogP contribution < -0.4 is 5.43 Å². The van der Waals surface area contributed by atoms with Gasteiger partial charge in [0.25, 0.3) is 0 Å². The normalized spacial score (nSPS) is 22.5. The summed E-state index contributed by atoms with van der Waals surface area (Å²) in [6.07, 6.45) is -6.73. The molecule has 1 aromatic heterocycles. The fourth-order valence-corrected chi connectivity index (χ4v) is 5.68. The molecule has 2 heterocycles. The standard InChI is InChI=1S/C41H40F5N3O3S/c1-27-6-15-36-34(22-27)37(50)23-39(53-26-31-4-3-5-35(42)40(31)43)49(36)25-38(51)48(33-16-18-47(19-17-33)20-21-52-2)24-28-7-9-29(10-8-28)30-11-13-32(14-12-30)41(44,45)46/h3-15,22-23,33H,16-21,24-26H2,1-2H3/i2D3,3D,4D,5D,6D,7D,8D,9D,10D,11D,12D,13D,14D,15D,21D2,22D,23D,24D2,25D2,26D2. The van der Waals surface area contributed by atoms with Crippen LogP contribution in [0.5, 0.6) is 0 Å². The summed E-state index contributed by atoms with van der Waals surface area (Å²) in [5.74, 6) is -6.69. The van der Waals surface area contributed by atoms with E-state index in [9.17, 15) is 23.4 Å². The number of aromatic nitrogens is 1. The largest absolute Gasteiger partial charge is 0.416 e. The van der Waals surface area contributed by atoms with Gasteiger partial charge in [-0.15, -0.1) is 11.8 Å². The highest BCUT2D eigenvalue weighted by Gasteiger charge is 2.31. The molecular weight excluding hydrogens is 710 g/mol. The van der Waals surface area contributed by atoms with Gasteiger partial charge in [0.1, 0.15) is 6.50 Å². The number of piperidine rings is 1. The molecule has 0 spiro atoms. The molecule has 6 nitrogen and oxygen atoms in total. The van der Waals surface area contributed by atoms with Gasteiger partial charge in [0, 0.05) is 64.6 Å². The van der Waals surface area contributed by atoms with Crippen molar-refractivity contribution in [3.63, 3.8) is 0 Å². The Labute approximate surface area is 345 Å². The number of methoxy groups -OCH3 is 1. The summed E-state index contributed by atoms with van der Waals surface area (Å²) < 4.78 is 299. The Balaban J connectivity index is 1.68. The molecule has 5 aromatic rings. The molecule has 1 aliphatic rings. The van der Waals surface area contributed by atoms with E-state index in [1.54, 1.807) is 0 Å². The van der Waals surface area contributed by atoms with Gasteiger partial charge in [-0.2, -0.15) is 13.2 Å². The van der Waals surface area contributed by atoms with E-state index in [4.69, 9.17) is 30.2 Å². The van der Waals surface area contributed by atoms with Crippen LogP contribution in [0.2, 0.25) is 0 Å². The second-order valence-electron chi connectivity index (χ2n) is 11.1. The lowest BCUT2D eigenvalue weighted by atomic mass is 10.00. The molecule has 1 aliphatic heterocycles. The Kier molecular flexibility index (Phi) is 5.44. The maximum absolute atomic E-state index is 15.7. The van der Waals surface area contributed by atoms with Crippen molar-refractivity contribution in [1.29, 1.82) is 0 Å². The number of carbonyl (C=O) groups excluding carboxylic acids is 1. The minimum atomic E-state index is -5.49. The number of likely N-dealkylation sites (tertiary alicyclic amines) is 1. The second kappa shape index (κ2) is 16.7. The van der Waals surface area contributed by atoms with Crippen LogP contribution in [0.25, 0.3) is 22.0 Å². The lowest BCUT2D eigenvalue weighted by molar-refractivity contribution is -0.137. The van der Waals surface area contributed by atoms with Gasteiger partial charge in [-0.3, -0.25) is 9.59 Å². The van der Waals surface area contributed by atoms with E-state index in [1.165, 1.54) is 4.90 Å². The highest BCUT2D eigenvalue weighted by molar-refractivity contribution is 7.98. The number of halogens is 5. The number of pyridine rings is 1. The van der Waals surface area contributed by atoms with Crippen molar-refractivity contribution in [2.75, 3.05) is 33.2 Å². The molecule has 0 saturated carbocycles. The summed E-state index contributed by atoms with van der Waals surface area (Å²) in [6, 6.07) is -23.4. The summed E-state index contributed by atoms with van der Waals surface area (Å²) in [5, 5.41) is -2.57. The molecule has 1 amide bonds. The van der Waals surface area contributed by atoms with E-state index in [2.05, 4.69) is 4.74 Å². The van der Waals surface area contributed by atoms with Crippen molar-refractivity contribution in [1.82, 2.24) is 14.4 Å². The smallest absolute Gasteiger partial charge is 0.383 e. The van der Waals surface area contributed by atoms with Gasteiger partial charge in [0.05, 0.1) is 55.6 Å². The highest BCUT2D eigenvalue weighted by atomic mass is 32.2. The number of carbonyl (C=O) groups is 1. The topological polar surface area (TPSA) is 54.8 Å². The molecule has 12 heteroatoms. The monoisotopic (exact) mass is 775 g/mol. The van der Waals surface area contributed by atoms with Crippen molar-refractivity contribution in [3.05, 3.63) is 135 Å². The predicted molar refractivity (Wildman–Crippen MR) is 198 cm³/mol. The third-order valence-electron chi connectivity index (χ3n) is 7.54. The van der Waals surface area contributed by atoms with Gasteiger partial charge < -0.3 is 19.1 Å². The van der Waals surface area contributed by atoms with Crippen LogP contribution in [-0.4, -0.2) is 59.5 Å². The van der Waals surface area contributed by atoms with E-state index in [0.29, 0.717) is 0 Å². The van der Waals surface area contributed by atoms with Crippen LogP contribution >= 0.6 is 11.8 Å². The number of nitrogens with zero attached hydrogens (tertiary/aromatic N) is 3. The molecule has 278 valence electrons. The molecular formula is C41H40F5N3O3S. The first-order valence-electron chi connectivity index (χ1n) is 28.2. The van der Waals surface area contributed by atoms with Crippen LogP contribution in [0.1, 0.15) is 70.7 Å². The molecule has 0 unspecified atom stereocenters. The number of hydrogen-bond acceptors (Lipinski definition) is 5. The van der Waals surface area contributed by atoms with Crippen molar-refractivity contribution >= 4 is 28.6 Å². The van der Waals surface area contributed by atoms with Crippen LogP contribution in [0.4, 0.5) is 22.0 Å². The summed E-state index contributed by atoms with van der Waals surface area (Å²) in [6.45, 7) is -11.9. The predicted octanol–water partition coefficient (Wildman–Crippen LogP) is 8.71. The molecule has 1 fully saturated rings. The number of fused-ring (bicyclic) bond motifs is 1. The zero-order chi connectivity index (χ0) is 60.4. The van der Waals surface area contributed by atoms with Gasteiger partial charge in [0.2, 0.25) is 5.91 Å². The molecule has 0 radical (unpaired) electrons. The first kappa shape index (κ1) is 17.3. The van der Waals surface area contributed by atoms with Gasteiger partial charge in [0.15, 0.2) is 17.1 Å². The Bertz CT molecular complexity index is 3350. The van der Waals surface area contributed by atoms with Crippen LogP contribution in [0, 0.1) is 18.6 Å². The number of thioether (sulfide) groups is 1. The van der Waals surface area contributed by atoms with Gasteiger partial charge in [-0.25, -0.2) is 8.78 Å². The summed E-state index contributed by atoms with van der Waals surface area (Å²) in [7, 11) is -3.27. The minimum absolute atomic E-state index is 0.0381. The van der Waals surface area contributed by atoms with E-state index in [-0.39, 0.29) is 9.47 Å². The Morgan fingerprint density at radius 2 is 1.70 bits per heavy atom. The Morgan fingerprint density at radius 3 is 2.38 bits per heavy atom. The molecule has 6 rings (SSSR count). The number of amides is 1. The average Bonchev–Trinajstić information content (AvgIpc) is 3.45. The number of rotatable bonds is 12. The van der Waals surface area contributed by atoms with Crippen LogP contribution in [0.15, 0.2) is 100 Å². The average molecular weight is 776 g/mol. The Hall–Kier alpha value is -4.52. The number of ether oxygens (including phenoxy) is 1. The summed E-state index contributed by atoms with van der Waals surface area (Å²) >= 11 is -0.619. The lowest BCUT2D eigenvalue weighted by Crippen LogP contribution is -2.48. The van der Waals surface area contributed by atoms with Gasteiger partial charge in [-0.1, -0.05) is 59.9 Å². The summed E-state index contributed by atoms with van der Waals surface area (Å²) in [4.78, 5) is 31.0. The minimum Gasteiger partial charge on any atom is -0.383 e. The van der Waals surface area contributed by atoms with E-state index >= 15 is 13.6 Å². The molecule has 53 heavy (non-hydrogen) atoms. The molecule has 0 aliphatic carbocycles. The highest BCUT2D eigenvalue weighted by Crippen LogP contribution is 2.32. The van der Waals surface area contributed by atoms with Crippen molar-refractivity contribution in [2.24, 2.45) is 0 Å². The van der Waals surface area contributed by atoms with Crippen molar-refractivity contribution in [3.8, 4) is 11.1 Å². The fourth-order valence-electron chi connectivity index (χ4n) is 4.97. The second-order valence-corrected chi connectivity index (χ2v) is 11.8. The molecule has 0 N–H and O–H groups in total. The third-order valence-corrected chi connectivity index (χ3v) is 8.32. The zero-order valence-corrected chi connectivity index (χ0v) is 27.8. The maximum Gasteiger partial charge on any atom is 0.416 e. The van der Waals surface area contributed by atoms with E-state index in [0.717, 1.165) is 6.92 Å². The van der Waals surface area contributed by atoms with Crippen LogP contribution in [0.3, 0.4) is 0 Å². The molecule has 0 bridgehead atoms. The van der Waals surface area contributed by atoms with E-state index in [1.807, 2.05) is 0 Å². The number of alkyl halides is 3. The summed E-state index contributed by atoms with van der Waals surface area (Å²) in [5.41, 5.74) is -14.8. The Morgan fingerprint density at radius 1 is 1.00 bits per heavy atom. The number of benzene rings is 4. The first-order chi connectivity index (χ1) is 35.8. The molecule has 0 atom stereocenters. The molecule has 1 saturated heterocycles. The maximum atomic E-state index is 15.7. The third kappa shape index (κ3) is 9.17. The van der Waals surface area contributed by atoms with Crippen molar-refractivity contribution < 1.29 is 67.1 Å². The van der Waals surface area contributed by atoms with E-state index < -0.39 is 252 Å².